The van der Waals surface area contributed by atoms with Crippen molar-refractivity contribution in [2.45, 2.75) is 19.0 Å². The van der Waals surface area contributed by atoms with Crippen LogP contribution in [0, 0.1) is 0 Å². The van der Waals surface area contributed by atoms with Crippen LogP contribution in [0.5, 0.6) is 0 Å². The van der Waals surface area contributed by atoms with Crippen molar-refractivity contribution in [1.29, 1.82) is 0 Å². The average molecular weight is 317 g/mol. The molecule has 0 aromatic heterocycles. The molecule has 0 amide bonds. The van der Waals surface area contributed by atoms with Gasteiger partial charge in [-0.2, -0.15) is 0 Å². The van der Waals surface area contributed by atoms with Gasteiger partial charge in [-0.3, -0.25) is 0 Å². The monoisotopic (exact) mass is 317 g/mol. The Labute approximate surface area is 143 Å². The molecular weight excluding hydrogens is 294 g/mol. The highest BCUT2D eigenvalue weighted by atomic mass is 16.3. The Bertz CT molecular complexity index is 723. The molecule has 0 bridgehead atoms. The minimum absolute atomic E-state index is 0.0628. The van der Waals surface area contributed by atoms with Crippen LogP contribution in [0.4, 0.5) is 0 Å². The molecule has 3 aromatic rings. The third kappa shape index (κ3) is 4.54. The van der Waals surface area contributed by atoms with Crippen LogP contribution in [-0.4, -0.2) is 17.8 Å². The maximum absolute atomic E-state index is 9.64. The number of nitrogens with one attached hydrogen (secondary N) is 1. The second kappa shape index (κ2) is 8.44. The summed E-state index contributed by atoms with van der Waals surface area (Å²) < 4.78 is 0. The Balaban J connectivity index is 1.59. The third-order valence-electron chi connectivity index (χ3n) is 4.20. The van der Waals surface area contributed by atoms with Crippen molar-refractivity contribution in [2.75, 3.05) is 6.61 Å². The van der Waals surface area contributed by atoms with Crippen molar-refractivity contribution in [3.63, 3.8) is 0 Å². The molecule has 2 heteroatoms. The van der Waals surface area contributed by atoms with E-state index in [9.17, 15) is 5.11 Å². The highest BCUT2D eigenvalue weighted by molar-refractivity contribution is 5.63. The van der Waals surface area contributed by atoms with Crippen molar-refractivity contribution < 1.29 is 5.11 Å². The molecule has 0 saturated carbocycles. The van der Waals surface area contributed by atoms with E-state index in [4.69, 9.17) is 0 Å². The number of benzene rings is 3. The predicted octanol–water partition coefficient (Wildman–Crippen LogP) is 4.05. The van der Waals surface area contributed by atoms with E-state index in [1.165, 1.54) is 22.3 Å². The second-order valence-electron chi connectivity index (χ2n) is 6.01. The normalized spacial score (nSPS) is 12.0. The molecule has 0 spiro atoms. The van der Waals surface area contributed by atoms with Crippen LogP contribution >= 0.6 is 0 Å². The van der Waals surface area contributed by atoms with E-state index in [1.54, 1.807) is 0 Å². The highest BCUT2D eigenvalue weighted by Gasteiger charge is 2.08. The number of hydrogen-bond donors (Lipinski definition) is 2. The van der Waals surface area contributed by atoms with Gasteiger partial charge >= 0.3 is 0 Å². The fraction of sp³-hybridized carbons (Fsp3) is 0.182. The molecule has 3 aromatic carbocycles. The second-order valence-corrected chi connectivity index (χ2v) is 6.01. The van der Waals surface area contributed by atoms with Gasteiger partial charge in [0.25, 0.3) is 0 Å². The van der Waals surface area contributed by atoms with E-state index in [-0.39, 0.29) is 12.6 Å². The lowest BCUT2D eigenvalue weighted by Crippen LogP contribution is -2.34. The molecule has 24 heavy (non-hydrogen) atoms. The minimum atomic E-state index is 0.0628. The van der Waals surface area contributed by atoms with Gasteiger partial charge in [-0.1, -0.05) is 84.9 Å². The van der Waals surface area contributed by atoms with Gasteiger partial charge in [-0.05, 0) is 28.7 Å². The van der Waals surface area contributed by atoms with E-state index in [1.807, 2.05) is 24.3 Å². The molecule has 0 aliphatic carbocycles. The van der Waals surface area contributed by atoms with Gasteiger partial charge in [-0.25, -0.2) is 0 Å². The Kier molecular flexibility index (Phi) is 5.78. The zero-order chi connectivity index (χ0) is 16.6. The van der Waals surface area contributed by atoms with Crippen molar-refractivity contribution in [3.05, 3.63) is 96.1 Å². The first-order chi connectivity index (χ1) is 11.8. The molecule has 0 aliphatic heterocycles. The summed E-state index contributed by atoms with van der Waals surface area (Å²) in [6, 6.07) is 29.3. The molecular formula is C22H23NO. The van der Waals surface area contributed by atoms with E-state index >= 15 is 0 Å². The van der Waals surface area contributed by atoms with Crippen LogP contribution < -0.4 is 5.32 Å². The molecule has 122 valence electrons. The third-order valence-corrected chi connectivity index (χ3v) is 4.20. The van der Waals surface area contributed by atoms with Crippen LogP contribution in [-0.2, 0) is 13.0 Å². The van der Waals surface area contributed by atoms with E-state index < -0.39 is 0 Å². The Morgan fingerprint density at radius 2 is 1.25 bits per heavy atom. The predicted molar refractivity (Wildman–Crippen MR) is 99.7 cm³/mol. The van der Waals surface area contributed by atoms with Crippen molar-refractivity contribution in [1.82, 2.24) is 5.32 Å². The Hall–Kier alpha value is -2.42. The number of hydrogen-bond acceptors (Lipinski definition) is 2. The zero-order valence-electron chi connectivity index (χ0n) is 13.7. The summed E-state index contributed by atoms with van der Waals surface area (Å²) in [6.07, 6.45) is 0.818. The summed E-state index contributed by atoms with van der Waals surface area (Å²) in [5.74, 6) is 0. The van der Waals surface area contributed by atoms with Gasteiger partial charge in [0, 0.05) is 12.6 Å². The Morgan fingerprint density at radius 3 is 1.88 bits per heavy atom. The van der Waals surface area contributed by atoms with Gasteiger partial charge in [-0.15, -0.1) is 0 Å². The zero-order valence-corrected chi connectivity index (χ0v) is 13.7. The molecule has 0 radical (unpaired) electrons. The van der Waals surface area contributed by atoms with Crippen LogP contribution in [0.3, 0.4) is 0 Å². The van der Waals surface area contributed by atoms with E-state index in [0.29, 0.717) is 0 Å². The first-order valence-electron chi connectivity index (χ1n) is 8.37. The van der Waals surface area contributed by atoms with Gasteiger partial charge in [0.15, 0.2) is 0 Å². The maximum atomic E-state index is 9.64. The van der Waals surface area contributed by atoms with Crippen LogP contribution in [0.15, 0.2) is 84.9 Å². The topological polar surface area (TPSA) is 32.3 Å². The summed E-state index contributed by atoms with van der Waals surface area (Å²) >= 11 is 0. The maximum Gasteiger partial charge on any atom is 0.0587 e. The van der Waals surface area contributed by atoms with Crippen molar-refractivity contribution in [3.8, 4) is 11.1 Å². The van der Waals surface area contributed by atoms with Crippen LogP contribution in [0.2, 0.25) is 0 Å². The largest absolute Gasteiger partial charge is 0.395 e. The molecule has 0 saturated heterocycles. The first kappa shape index (κ1) is 16.4. The van der Waals surface area contributed by atoms with Crippen LogP contribution in [0.25, 0.3) is 11.1 Å². The molecule has 0 heterocycles. The minimum Gasteiger partial charge on any atom is -0.395 e. The SMILES string of the molecule is OCC(Cc1ccc(-c2ccccc2)cc1)NCc1ccccc1. The van der Waals surface area contributed by atoms with Crippen molar-refractivity contribution >= 4 is 0 Å². The van der Waals surface area contributed by atoms with E-state index in [0.717, 1.165) is 13.0 Å². The molecule has 0 fully saturated rings. The standard InChI is InChI=1S/C22H23NO/c24-17-22(23-16-19-7-3-1-4-8-19)15-18-11-13-21(14-12-18)20-9-5-2-6-10-20/h1-14,22-24H,15-17H2. The summed E-state index contributed by atoms with van der Waals surface area (Å²) in [5.41, 5.74) is 4.91. The quantitative estimate of drug-likeness (QED) is 0.689. The molecule has 3 rings (SSSR count). The summed E-state index contributed by atoms with van der Waals surface area (Å²) in [7, 11) is 0. The van der Waals surface area contributed by atoms with Crippen molar-refractivity contribution in [2.24, 2.45) is 0 Å². The molecule has 1 unspecified atom stereocenters. The molecule has 2 nitrogen and oxygen atoms in total. The molecule has 0 aliphatic rings. The van der Waals surface area contributed by atoms with Gasteiger partial charge in [0.05, 0.1) is 6.61 Å². The van der Waals surface area contributed by atoms with Gasteiger partial charge < -0.3 is 10.4 Å². The lowest BCUT2D eigenvalue weighted by molar-refractivity contribution is 0.241. The lowest BCUT2D eigenvalue weighted by atomic mass is 10.0. The molecule has 1 atom stereocenters. The van der Waals surface area contributed by atoms with Gasteiger partial charge in [0.2, 0.25) is 0 Å². The lowest BCUT2D eigenvalue weighted by Gasteiger charge is -2.17. The summed E-state index contributed by atoms with van der Waals surface area (Å²) in [4.78, 5) is 0. The fourth-order valence-electron chi connectivity index (χ4n) is 2.81. The smallest absolute Gasteiger partial charge is 0.0587 e. The number of aliphatic hydroxyl groups excluding tert-OH is 1. The fourth-order valence-corrected chi connectivity index (χ4v) is 2.81. The average Bonchev–Trinajstić information content (AvgIpc) is 2.67. The highest BCUT2D eigenvalue weighted by Crippen LogP contribution is 2.19. The first-order valence-corrected chi connectivity index (χ1v) is 8.37. The Morgan fingerprint density at radius 1 is 0.667 bits per heavy atom. The summed E-state index contributed by atoms with van der Waals surface area (Å²) in [5, 5.41) is 13.1. The summed E-state index contributed by atoms with van der Waals surface area (Å²) in [6.45, 7) is 0.904. The number of rotatable bonds is 7. The molecule has 2 N–H and O–H groups in total. The van der Waals surface area contributed by atoms with Crippen LogP contribution in [0.1, 0.15) is 11.1 Å². The van der Waals surface area contributed by atoms with E-state index in [2.05, 4.69) is 66.0 Å². The number of aliphatic hydroxyl groups is 1. The van der Waals surface area contributed by atoms with Gasteiger partial charge in [0.1, 0.15) is 0 Å².